The van der Waals surface area contributed by atoms with E-state index in [1.807, 2.05) is 24.5 Å². The van der Waals surface area contributed by atoms with E-state index in [0.717, 1.165) is 35.7 Å². The standard InChI is InChI=1S/C20H25FN2O/c1-14-5-4-10-22(12-14)13-20(24)19-11-15(2)23(16(19)3)18-8-6-17(21)7-9-18/h6-9,11,14H,4-5,10,12-13H2,1-3H3. The normalized spacial score (nSPS) is 18.8. The number of ketones is 1. The van der Waals surface area contributed by atoms with Crippen LogP contribution in [0.25, 0.3) is 5.69 Å². The zero-order valence-electron chi connectivity index (χ0n) is 14.7. The van der Waals surface area contributed by atoms with E-state index in [1.54, 1.807) is 12.1 Å². The van der Waals surface area contributed by atoms with Crippen LogP contribution in [0.1, 0.15) is 41.5 Å². The summed E-state index contributed by atoms with van der Waals surface area (Å²) in [5.74, 6) is 0.584. The molecule has 0 spiro atoms. The van der Waals surface area contributed by atoms with E-state index >= 15 is 0 Å². The SMILES string of the molecule is Cc1cc(C(=O)CN2CCCC(C)C2)c(C)n1-c1ccc(F)cc1. The van der Waals surface area contributed by atoms with Crippen molar-refractivity contribution < 1.29 is 9.18 Å². The number of hydrogen-bond acceptors (Lipinski definition) is 2. The van der Waals surface area contributed by atoms with E-state index in [2.05, 4.69) is 11.8 Å². The summed E-state index contributed by atoms with van der Waals surface area (Å²) in [5.41, 5.74) is 3.58. The summed E-state index contributed by atoms with van der Waals surface area (Å²) in [4.78, 5) is 15.0. The maximum Gasteiger partial charge on any atom is 0.178 e. The highest BCUT2D eigenvalue weighted by Gasteiger charge is 2.22. The Morgan fingerprint density at radius 2 is 1.96 bits per heavy atom. The predicted octanol–water partition coefficient (Wildman–Crippen LogP) is 4.15. The highest BCUT2D eigenvalue weighted by atomic mass is 19.1. The molecule has 24 heavy (non-hydrogen) atoms. The van der Waals surface area contributed by atoms with Crippen LogP contribution in [-0.4, -0.2) is 34.9 Å². The third kappa shape index (κ3) is 3.44. The quantitative estimate of drug-likeness (QED) is 0.788. The Hall–Kier alpha value is -1.94. The molecule has 1 saturated heterocycles. The summed E-state index contributed by atoms with van der Waals surface area (Å²) >= 11 is 0. The maximum atomic E-state index is 13.2. The van der Waals surface area contributed by atoms with Crippen LogP contribution in [0.2, 0.25) is 0 Å². The average Bonchev–Trinajstić information content (AvgIpc) is 2.83. The Morgan fingerprint density at radius 1 is 1.25 bits per heavy atom. The van der Waals surface area contributed by atoms with Crippen molar-refractivity contribution in [2.24, 2.45) is 5.92 Å². The van der Waals surface area contributed by atoms with Gasteiger partial charge >= 0.3 is 0 Å². The summed E-state index contributed by atoms with van der Waals surface area (Å²) in [6, 6.07) is 8.34. The number of piperidine rings is 1. The van der Waals surface area contributed by atoms with Crippen molar-refractivity contribution in [3.63, 3.8) is 0 Å². The molecule has 4 heteroatoms. The minimum absolute atomic E-state index is 0.172. The molecule has 3 nitrogen and oxygen atoms in total. The zero-order valence-corrected chi connectivity index (χ0v) is 14.7. The van der Waals surface area contributed by atoms with E-state index in [1.165, 1.54) is 25.0 Å². The second kappa shape index (κ2) is 6.89. The van der Waals surface area contributed by atoms with Crippen molar-refractivity contribution in [2.75, 3.05) is 19.6 Å². The predicted molar refractivity (Wildman–Crippen MR) is 94.4 cm³/mol. The molecule has 0 aliphatic carbocycles. The fourth-order valence-corrected chi connectivity index (χ4v) is 3.75. The molecule has 3 rings (SSSR count). The molecule has 2 heterocycles. The number of Topliss-reactive ketones (excluding diaryl/α,β-unsaturated/α-hetero) is 1. The van der Waals surface area contributed by atoms with E-state index in [0.29, 0.717) is 12.5 Å². The third-order valence-electron chi connectivity index (χ3n) is 4.92. The first-order valence-corrected chi connectivity index (χ1v) is 8.66. The fourth-order valence-electron chi connectivity index (χ4n) is 3.75. The van der Waals surface area contributed by atoms with E-state index < -0.39 is 0 Å². The lowest BCUT2D eigenvalue weighted by Crippen LogP contribution is -2.38. The van der Waals surface area contributed by atoms with E-state index in [-0.39, 0.29) is 11.6 Å². The van der Waals surface area contributed by atoms with Gasteiger partial charge in [-0.3, -0.25) is 9.69 Å². The Morgan fingerprint density at radius 3 is 2.62 bits per heavy atom. The van der Waals surface area contributed by atoms with Crippen LogP contribution in [0.3, 0.4) is 0 Å². The molecule has 1 aromatic heterocycles. The number of carbonyl (C=O) groups is 1. The lowest BCUT2D eigenvalue weighted by Gasteiger charge is -2.30. The van der Waals surface area contributed by atoms with Gasteiger partial charge in [0.15, 0.2) is 5.78 Å². The van der Waals surface area contributed by atoms with Crippen molar-refractivity contribution in [1.82, 2.24) is 9.47 Å². The molecule has 1 unspecified atom stereocenters. The summed E-state index contributed by atoms with van der Waals surface area (Å²) in [6.45, 7) is 8.68. The lowest BCUT2D eigenvalue weighted by molar-refractivity contribution is 0.0892. The molecule has 128 valence electrons. The molecule has 2 aromatic rings. The second-order valence-electron chi connectivity index (χ2n) is 7.00. The Labute approximate surface area is 143 Å². The number of aryl methyl sites for hydroxylation is 1. The van der Waals surface area contributed by atoms with Crippen molar-refractivity contribution in [1.29, 1.82) is 0 Å². The smallest absolute Gasteiger partial charge is 0.178 e. The number of halogens is 1. The van der Waals surface area contributed by atoms with Crippen LogP contribution < -0.4 is 0 Å². The Balaban J connectivity index is 1.83. The molecular weight excluding hydrogens is 303 g/mol. The number of likely N-dealkylation sites (tertiary alicyclic amines) is 1. The number of hydrogen-bond donors (Lipinski definition) is 0. The number of rotatable bonds is 4. The van der Waals surface area contributed by atoms with Crippen LogP contribution in [0.4, 0.5) is 4.39 Å². The fraction of sp³-hybridized carbons (Fsp3) is 0.450. The highest BCUT2D eigenvalue weighted by Crippen LogP contribution is 2.23. The monoisotopic (exact) mass is 328 g/mol. The molecule has 1 aliphatic rings. The molecule has 0 saturated carbocycles. The first-order chi connectivity index (χ1) is 11.5. The van der Waals surface area contributed by atoms with Gasteiger partial charge in [0.2, 0.25) is 0 Å². The van der Waals surface area contributed by atoms with Gasteiger partial charge in [-0.1, -0.05) is 6.92 Å². The summed E-state index contributed by atoms with van der Waals surface area (Å²) in [7, 11) is 0. The highest BCUT2D eigenvalue weighted by molar-refractivity contribution is 5.99. The van der Waals surface area contributed by atoms with Crippen molar-refractivity contribution in [2.45, 2.75) is 33.6 Å². The van der Waals surface area contributed by atoms with E-state index in [4.69, 9.17) is 0 Å². The van der Waals surface area contributed by atoms with Crippen molar-refractivity contribution in [3.8, 4) is 5.69 Å². The molecule has 0 bridgehead atoms. The summed E-state index contributed by atoms with van der Waals surface area (Å²) < 4.78 is 15.2. The maximum absolute atomic E-state index is 13.2. The summed E-state index contributed by atoms with van der Waals surface area (Å²) in [6.07, 6.45) is 2.42. The van der Waals surface area contributed by atoms with Gasteiger partial charge in [-0.25, -0.2) is 4.39 Å². The number of carbonyl (C=O) groups excluding carboxylic acids is 1. The Bertz CT molecular complexity index is 733. The molecule has 0 radical (unpaired) electrons. The van der Waals surface area contributed by atoms with Gasteiger partial charge in [0.1, 0.15) is 5.82 Å². The number of benzene rings is 1. The zero-order chi connectivity index (χ0) is 17.3. The largest absolute Gasteiger partial charge is 0.318 e. The van der Waals surface area contributed by atoms with Crippen molar-refractivity contribution in [3.05, 3.63) is 53.1 Å². The second-order valence-corrected chi connectivity index (χ2v) is 7.00. The number of nitrogens with zero attached hydrogens (tertiary/aromatic N) is 2. The first kappa shape index (κ1) is 16.9. The average molecular weight is 328 g/mol. The molecule has 1 aromatic carbocycles. The molecule has 1 fully saturated rings. The lowest BCUT2D eigenvalue weighted by atomic mass is 9.99. The van der Waals surface area contributed by atoms with Crippen LogP contribution in [0.15, 0.2) is 30.3 Å². The van der Waals surface area contributed by atoms with Gasteiger partial charge in [0.25, 0.3) is 0 Å². The minimum Gasteiger partial charge on any atom is -0.318 e. The van der Waals surface area contributed by atoms with Crippen LogP contribution >= 0.6 is 0 Å². The van der Waals surface area contributed by atoms with Gasteiger partial charge in [0.05, 0.1) is 6.54 Å². The van der Waals surface area contributed by atoms with Gasteiger partial charge < -0.3 is 4.57 Å². The molecule has 0 amide bonds. The Kier molecular flexibility index (Phi) is 4.86. The summed E-state index contributed by atoms with van der Waals surface area (Å²) in [5, 5.41) is 0. The third-order valence-corrected chi connectivity index (χ3v) is 4.92. The van der Waals surface area contributed by atoms with Gasteiger partial charge in [-0.2, -0.15) is 0 Å². The topological polar surface area (TPSA) is 25.2 Å². The van der Waals surface area contributed by atoms with Gasteiger partial charge in [0, 0.05) is 29.2 Å². The van der Waals surface area contributed by atoms with Crippen LogP contribution in [0, 0.1) is 25.6 Å². The van der Waals surface area contributed by atoms with Crippen molar-refractivity contribution >= 4 is 5.78 Å². The molecule has 0 N–H and O–H groups in total. The van der Waals surface area contributed by atoms with Gasteiger partial charge in [-0.05, 0) is 69.5 Å². The minimum atomic E-state index is -0.253. The molecular formula is C20H25FN2O. The van der Waals surface area contributed by atoms with Crippen LogP contribution in [-0.2, 0) is 0 Å². The molecule has 1 atom stereocenters. The number of aromatic nitrogens is 1. The van der Waals surface area contributed by atoms with Gasteiger partial charge in [-0.15, -0.1) is 0 Å². The van der Waals surface area contributed by atoms with E-state index in [9.17, 15) is 9.18 Å². The van der Waals surface area contributed by atoms with Crippen LogP contribution in [0.5, 0.6) is 0 Å². The molecule has 1 aliphatic heterocycles. The first-order valence-electron chi connectivity index (χ1n) is 8.66.